The number of ether oxygens (including phenoxy) is 2. The number of aryl methyl sites for hydroxylation is 1. The number of nitrogens with zero attached hydrogens (tertiary/aromatic N) is 1. The van der Waals surface area contributed by atoms with Crippen molar-refractivity contribution in [3.05, 3.63) is 58.5 Å². The molecule has 2 aromatic carbocycles. The fourth-order valence-corrected chi connectivity index (χ4v) is 4.52. The van der Waals surface area contributed by atoms with Gasteiger partial charge in [0.1, 0.15) is 0 Å². The lowest BCUT2D eigenvalue weighted by atomic mass is 10.1. The number of anilines is 1. The van der Waals surface area contributed by atoms with Gasteiger partial charge in [-0.15, -0.1) is 0 Å². The van der Waals surface area contributed by atoms with Crippen molar-refractivity contribution in [3.63, 3.8) is 0 Å². The standard InChI is InChI=1S/C27H33NO4S/c1-4-6-7-8-9-10-17-32-23-16-13-21(18-24(23)31-3)19-25-26(29)28(27(30)33-25)22-14-11-20(5-2)12-15-22/h11-16,18-19H,4-10,17H2,1-3H3/b25-19-. The molecule has 3 rings (SSSR count). The Morgan fingerprint density at radius 3 is 2.33 bits per heavy atom. The monoisotopic (exact) mass is 467 g/mol. The summed E-state index contributed by atoms with van der Waals surface area (Å²) in [5.41, 5.74) is 2.53. The summed E-state index contributed by atoms with van der Waals surface area (Å²) in [7, 11) is 1.60. The van der Waals surface area contributed by atoms with Gasteiger partial charge in [0.05, 0.1) is 24.3 Å². The van der Waals surface area contributed by atoms with E-state index in [0.29, 0.717) is 28.7 Å². The van der Waals surface area contributed by atoms with Crippen molar-refractivity contribution >= 4 is 34.7 Å². The van der Waals surface area contributed by atoms with Crippen molar-refractivity contribution < 1.29 is 19.1 Å². The van der Waals surface area contributed by atoms with Gasteiger partial charge in [-0.25, -0.2) is 4.90 Å². The van der Waals surface area contributed by atoms with Crippen LogP contribution >= 0.6 is 11.8 Å². The van der Waals surface area contributed by atoms with Crippen molar-refractivity contribution in [2.45, 2.75) is 58.8 Å². The van der Waals surface area contributed by atoms with E-state index in [-0.39, 0.29) is 11.1 Å². The third-order valence-electron chi connectivity index (χ3n) is 5.64. The third kappa shape index (κ3) is 6.64. The maximum absolute atomic E-state index is 12.9. The molecule has 0 saturated carbocycles. The van der Waals surface area contributed by atoms with E-state index in [0.717, 1.165) is 42.2 Å². The Morgan fingerprint density at radius 2 is 1.64 bits per heavy atom. The molecule has 33 heavy (non-hydrogen) atoms. The van der Waals surface area contributed by atoms with Gasteiger partial charge in [0, 0.05) is 0 Å². The van der Waals surface area contributed by atoms with Gasteiger partial charge in [0.2, 0.25) is 0 Å². The average molecular weight is 468 g/mol. The summed E-state index contributed by atoms with van der Waals surface area (Å²) < 4.78 is 11.4. The smallest absolute Gasteiger partial charge is 0.298 e. The molecule has 1 fully saturated rings. The Labute approximate surface area is 201 Å². The van der Waals surface area contributed by atoms with E-state index in [1.165, 1.54) is 30.6 Å². The molecule has 0 radical (unpaired) electrons. The maximum Gasteiger partial charge on any atom is 0.298 e. The number of imide groups is 1. The lowest BCUT2D eigenvalue weighted by molar-refractivity contribution is -0.113. The van der Waals surface area contributed by atoms with E-state index in [1.54, 1.807) is 13.2 Å². The summed E-state index contributed by atoms with van der Waals surface area (Å²) in [5, 5.41) is -0.290. The lowest BCUT2D eigenvalue weighted by Crippen LogP contribution is -2.27. The summed E-state index contributed by atoms with van der Waals surface area (Å²) in [5.74, 6) is 0.994. The molecule has 0 aliphatic carbocycles. The first-order valence-electron chi connectivity index (χ1n) is 11.7. The summed E-state index contributed by atoms with van der Waals surface area (Å²) in [4.78, 5) is 27.1. The number of hydrogen-bond donors (Lipinski definition) is 0. The highest BCUT2D eigenvalue weighted by Gasteiger charge is 2.36. The molecule has 1 heterocycles. The van der Waals surface area contributed by atoms with Crippen LogP contribution in [0.2, 0.25) is 0 Å². The van der Waals surface area contributed by atoms with E-state index in [4.69, 9.17) is 9.47 Å². The Kier molecular flexibility index (Phi) is 9.43. The van der Waals surface area contributed by atoms with Gasteiger partial charge in [-0.1, -0.05) is 64.2 Å². The Morgan fingerprint density at radius 1 is 0.909 bits per heavy atom. The summed E-state index contributed by atoms with van der Waals surface area (Å²) >= 11 is 0.950. The van der Waals surface area contributed by atoms with Crippen molar-refractivity contribution in [1.82, 2.24) is 0 Å². The molecule has 1 saturated heterocycles. The molecule has 0 spiro atoms. The Hall–Kier alpha value is -2.73. The molecular formula is C27H33NO4S. The summed E-state index contributed by atoms with van der Waals surface area (Å²) in [6.07, 6.45) is 9.88. The van der Waals surface area contributed by atoms with Crippen LogP contribution in [0.15, 0.2) is 47.4 Å². The number of thioether (sulfide) groups is 1. The topological polar surface area (TPSA) is 55.8 Å². The highest BCUT2D eigenvalue weighted by molar-refractivity contribution is 8.19. The van der Waals surface area contributed by atoms with Crippen LogP contribution < -0.4 is 14.4 Å². The Bertz CT molecular complexity index is 984. The van der Waals surface area contributed by atoms with Gasteiger partial charge in [-0.3, -0.25) is 9.59 Å². The zero-order valence-corrected chi connectivity index (χ0v) is 20.6. The van der Waals surface area contributed by atoms with Crippen LogP contribution in [0, 0.1) is 0 Å². The molecule has 5 nitrogen and oxygen atoms in total. The van der Waals surface area contributed by atoms with Gasteiger partial charge in [0.15, 0.2) is 11.5 Å². The van der Waals surface area contributed by atoms with Crippen LogP contribution in [-0.4, -0.2) is 24.9 Å². The van der Waals surface area contributed by atoms with Crippen LogP contribution in [0.3, 0.4) is 0 Å². The van der Waals surface area contributed by atoms with Crippen LogP contribution in [0.1, 0.15) is 63.5 Å². The first-order valence-corrected chi connectivity index (χ1v) is 12.6. The first kappa shape index (κ1) is 24.9. The quantitative estimate of drug-likeness (QED) is 0.243. The van der Waals surface area contributed by atoms with E-state index in [2.05, 4.69) is 13.8 Å². The number of hydrogen-bond acceptors (Lipinski definition) is 5. The molecule has 2 aromatic rings. The number of rotatable bonds is 12. The summed E-state index contributed by atoms with van der Waals surface area (Å²) in [6, 6.07) is 13.1. The molecular weight excluding hydrogens is 434 g/mol. The number of amides is 2. The lowest BCUT2D eigenvalue weighted by Gasteiger charge is -2.13. The predicted octanol–water partition coefficient (Wildman–Crippen LogP) is 7.24. The van der Waals surface area contributed by atoms with Crippen molar-refractivity contribution in [3.8, 4) is 11.5 Å². The van der Waals surface area contributed by atoms with E-state index in [1.807, 2.05) is 42.5 Å². The van der Waals surface area contributed by atoms with Gasteiger partial charge >= 0.3 is 0 Å². The molecule has 1 aliphatic heterocycles. The molecule has 0 atom stereocenters. The fraction of sp³-hybridized carbons (Fsp3) is 0.407. The molecule has 0 N–H and O–H groups in total. The number of methoxy groups -OCH3 is 1. The second-order valence-electron chi connectivity index (χ2n) is 8.06. The van der Waals surface area contributed by atoms with E-state index < -0.39 is 0 Å². The minimum absolute atomic E-state index is 0.290. The second-order valence-corrected chi connectivity index (χ2v) is 9.06. The van der Waals surface area contributed by atoms with Gasteiger partial charge in [0.25, 0.3) is 11.1 Å². The zero-order valence-electron chi connectivity index (χ0n) is 19.8. The molecule has 2 amide bonds. The van der Waals surface area contributed by atoms with E-state index in [9.17, 15) is 9.59 Å². The third-order valence-corrected chi connectivity index (χ3v) is 6.51. The van der Waals surface area contributed by atoms with Crippen molar-refractivity contribution in [1.29, 1.82) is 0 Å². The van der Waals surface area contributed by atoms with Crippen molar-refractivity contribution in [2.24, 2.45) is 0 Å². The predicted molar refractivity (Wildman–Crippen MR) is 136 cm³/mol. The van der Waals surface area contributed by atoms with Gasteiger partial charge < -0.3 is 9.47 Å². The zero-order chi connectivity index (χ0) is 23.6. The number of benzene rings is 2. The highest BCUT2D eigenvalue weighted by Crippen LogP contribution is 2.37. The van der Waals surface area contributed by atoms with Crippen LogP contribution in [-0.2, 0) is 11.2 Å². The van der Waals surface area contributed by atoms with Crippen LogP contribution in [0.5, 0.6) is 11.5 Å². The SMILES string of the molecule is CCCCCCCCOc1ccc(/C=C2\SC(=O)N(c3ccc(CC)cc3)C2=O)cc1OC. The number of carbonyl (C=O) groups excluding carboxylic acids is 2. The number of carbonyl (C=O) groups is 2. The number of unbranched alkanes of at least 4 members (excludes halogenated alkanes) is 5. The van der Waals surface area contributed by atoms with E-state index >= 15 is 0 Å². The maximum atomic E-state index is 12.9. The van der Waals surface area contributed by atoms with Gasteiger partial charge in [-0.05, 0) is 66.1 Å². The first-order chi connectivity index (χ1) is 16.1. The minimum atomic E-state index is -0.309. The van der Waals surface area contributed by atoms with Crippen LogP contribution in [0.4, 0.5) is 10.5 Å². The Balaban J connectivity index is 1.65. The fourth-order valence-electron chi connectivity index (χ4n) is 3.68. The van der Waals surface area contributed by atoms with Crippen molar-refractivity contribution in [2.75, 3.05) is 18.6 Å². The molecule has 0 aromatic heterocycles. The molecule has 6 heteroatoms. The van der Waals surface area contributed by atoms with Gasteiger partial charge in [-0.2, -0.15) is 0 Å². The molecule has 0 unspecified atom stereocenters. The summed E-state index contributed by atoms with van der Waals surface area (Å²) in [6.45, 7) is 4.93. The van der Waals surface area contributed by atoms with Crippen LogP contribution in [0.25, 0.3) is 6.08 Å². The average Bonchev–Trinajstić information content (AvgIpc) is 3.11. The second kappa shape index (κ2) is 12.5. The molecule has 176 valence electrons. The minimum Gasteiger partial charge on any atom is -0.493 e. The normalized spacial score (nSPS) is 14.9. The molecule has 1 aliphatic rings. The largest absolute Gasteiger partial charge is 0.493 e. The molecule has 0 bridgehead atoms. The highest BCUT2D eigenvalue weighted by atomic mass is 32.2.